The van der Waals surface area contributed by atoms with Gasteiger partial charge in [0.2, 0.25) is 0 Å². The molecule has 4 heteroatoms. The van der Waals surface area contributed by atoms with Gasteiger partial charge in [0.25, 0.3) is 5.91 Å². The highest BCUT2D eigenvalue weighted by atomic mass is 19.1. The zero-order chi connectivity index (χ0) is 16.4. The third kappa shape index (κ3) is 3.26. The molecule has 0 bridgehead atoms. The number of rotatable bonds is 4. The summed E-state index contributed by atoms with van der Waals surface area (Å²) in [7, 11) is 0. The van der Waals surface area contributed by atoms with E-state index in [2.05, 4.69) is 5.32 Å². The van der Waals surface area contributed by atoms with Crippen molar-refractivity contribution in [2.75, 3.05) is 0 Å². The number of nitrogens with one attached hydrogen (secondary N) is 1. The smallest absolute Gasteiger partial charge is 0.287 e. The van der Waals surface area contributed by atoms with Crippen molar-refractivity contribution in [1.29, 1.82) is 0 Å². The molecule has 0 fully saturated rings. The summed E-state index contributed by atoms with van der Waals surface area (Å²) in [5, 5.41) is 3.86. The molecule has 1 atom stereocenters. The topological polar surface area (TPSA) is 42.2 Å². The van der Waals surface area contributed by atoms with E-state index in [0.29, 0.717) is 5.58 Å². The summed E-state index contributed by atoms with van der Waals surface area (Å²) in [5.74, 6) is -0.128. The summed E-state index contributed by atoms with van der Waals surface area (Å²) in [5.41, 5.74) is 1.55. The number of amides is 1. The number of carbonyl (C=O) groups is 1. The fourth-order valence-corrected chi connectivity index (χ4v) is 2.61. The lowest BCUT2D eigenvalue weighted by Gasteiger charge is -2.22. The molecular formula is C19H18FNO2. The summed E-state index contributed by atoms with van der Waals surface area (Å²) >= 11 is 0. The van der Waals surface area contributed by atoms with Gasteiger partial charge in [-0.25, -0.2) is 4.39 Å². The maximum Gasteiger partial charge on any atom is 0.287 e. The first kappa shape index (κ1) is 15.3. The van der Waals surface area contributed by atoms with Crippen molar-refractivity contribution in [1.82, 2.24) is 5.32 Å². The van der Waals surface area contributed by atoms with Gasteiger partial charge in [-0.05, 0) is 35.7 Å². The Balaban J connectivity index is 1.84. The van der Waals surface area contributed by atoms with Crippen LogP contribution in [-0.4, -0.2) is 5.91 Å². The van der Waals surface area contributed by atoms with Crippen molar-refractivity contribution in [2.24, 2.45) is 5.92 Å². The molecule has 23 heavy (non-hydrogen) atoms. The molecule has 3 nitrogen and oxygen atoms in total. The minimum atomic E-state index is -0.292. The zero-order valence-electron chi connectivity index (χ0n) is 13.0. The van der Waals surface area contributed by atoms with E-state index in [-0.39, 0.29) is 29.4 Å². The summed E-state index contributed by atoms with van der Waals surface area (Å²) in [6.45, 7) is 4.01. The Kier molecular flexibility index (Phi) is 4.15. The number of hydrogen-bond donors (Lipinski definition) is 1. The van der Waals surface area contributed by atoms with Gasteiger partial charge in [0.15, 0.2) is 5.76 Å². The van der Waals surface area contributed by atoms with E-state index in [1.807, 2.05) is 38.1 Å². The predicted octanol–water partition coefficient (Wildman–Crippen LogP) is 4.70. The van der Waals surface area contributed by atoms with Crippen molar-refractivity contribution in [3.8, 4) is 0 Å². The number of para-hydroxylation sites is 1. The lowest BCUT2D eigenvalue weighted by Crippen LogP contribution is -2.31. The molecule has 0 aliphatic carbocycles. The number of carbonyl (C=O) groups excluding carboxylic acids is 1. The van der Waals surface area contributed by atoms with E-state index >= 15 is 0 Å². The zero-order valence-corrected chi connectivity index (χ0v) is 13.0. The molecule has 1 aromatic heterocycles. The van der Waals surface area contributed by atoms with Gasteiger partial charge in [0.05, 0.1) is 6.04 Å². The van der Waals surface area contributed by atoms with Gasteiger partial charge in [0, 0.05) is 5.39 Å². The molecule has 0 unspecified atom stereocenters. The monoisotopic (exact) mass is 311 g/mol. The molecule has 1 N–H and O–H groups in total. The SMILES string of the molecule is CC(C)[C@H](NC(=O)c1cc2ccccc2o1)c1ccc(F)cc1. The molecule has 0 aliphatic rings. The van der Waals surface area contributed by atoms with E-state index in [1.54, 1.807) is 18.2 Å². The fourth-order valence-electron chi connectivity index (χ4n) is 2.61. The van der Waals surface area contributed by atoms with Crippen LogP contribution < -0.4 is 5.32 Å². The van der Waals surface area contributed by atoms with E-state index in [4.69, 9.17) is 4.42 Å². The summed E-state index contributed by atoms with van der Waals surface area (Å²) < 4.78 is 18.7. The highest BCUT2D eigenvalue weighted by molar-refractivity contribution is 5.96. The van der Waals surface area contributed by atoms with Gasteiger partial charge in [-0.3, -0.25) is 4.79 Å². The lowest BCUT2D eigenvalue weighted by atomic mass is 9.96. The molecule has 0 spiro atoms. The number of fused-ring (bicyclic) bond motifs is 1. The van der Waals surface area contributed by atoms with Crippen LogP contribution in [0.2, 0.25) is 0 Å². The van der Waals surface area contributed by atoms with E-state index in [0.717, 1.165) is 10.9 Å². The summed E-state index contributed by atoms with van der Waals surface area (Å²) in [4.78, 5) is 12.5. The number of benzene rings is 2. The summed E-state index contributed by atoms with van der Waals surface area (Å²) in [6, 6.07) is 15.2. The van der Waals surface area contributed by atoms with Gasteiger partial charge in [-0.15, -0.1) is 0 Å². The first-order valence-electron chi connectivity index (χ1n) is 7.59. The number of furan rings is 1. The maximum atomic E-state index is 13.1. The molecular weight excluding hydrogens is 293 g/mol. The second kappa shape index (κ2) is 6.24. The first-order chi connectivity index (χ1) is 11.0. The Labute approximate surface area is 134 Å². The van der Waals surface area contributed by atoms with Crippen molar-refractivity contribution in [2.45, 2.75) is 19.9 Å². The van der Waals surface area contributed by atoms with Crippen LogP contribution in [0.15, 0.2) is 59.0 Å². The summed E-state index contributed by atoms with van der Waals surface area (Å²) in [6.07, 6.45) is 0. The second-order valence-corrected chi connectivity index (χ2v) is 5.90. The highest BCUT2D eigenvalue weighted by Crippen LogP contribution is 2.24. The van der Waals surface area contributed by atoms with Gasteiger partial charge < -0.3 is 9.73 Å². The van der Waals surface area contributed by atoms with E-state index in [1.165, 1.54) is 12.1 Å². The number of hydrogen-bond acceptors (Lipinski definition) is 2. The molecule has 1 heterocycles. The minimum absolute atomic E-state index is 0.161. The van der Waals surface area contributed by atoms with Gasteiger partial charge >= 0.3 is 0 Å². The Hall–Kier alpha value is -2.62. The largest absolute Gasteiger partial charge is 0.451 e. The van der Waals surface area contributed by atoms with Crippen molar-refractivity contribution < 1.29 is 13.6 Å². The van der Waals surface area contributed by atoms with Crippen LogP contribution >= 0.6 is 0 Å². The van der Waals surface area contributed by atoms with Gasteiger partial charge in [0.1, 0.15) is 11.4 Å². The average molecular weight is 311 g/mol. The molecule has 3 rings (SSSR count). The van der Waals surface area contributed by atoms with E-state index in [9.17, 15) is 9.18 Å². The standard InChI is InChI=1S/C19H18FNO2/c1-12(2)18(13-7-9-15(20)10-8-13)21-19(22)17-11-14-5-3-4-6-16(14)23-17/h3-12,18H,1-2H3,(H,21,22)/t18-/m0/s1. The number of halogens is 1. The highest BCUT2D eigenvalue weighted by Gasteiger charge is 2.21. The van der Waals surface area contributed by atoms with Crippen LogP contribution in [0.4, 0.5) is 4.39 Å². The molecule has 1 amide bonds. The molecule has 2 aromatic carbocycles. The van der Waals surface area contributed by atoms with Crippen LogP contribution in [-0.2, 0) is 0 Å². The third-order valence-corrected chi connectivity index (χ3v) is 3.83. The quantitative estimate of drug-likeness (QED) is 0.759. The first-order valence-corrected chi connectivity index (χ1v) is 7.59. The fraction of sp³-hybridized carbons (Fsp3) is 0.211. The van der Waals surface area contributed by atoms with Crippen LogP contribution in [0.25, 0.3) is 11.0 Å². The lowest BCUT2D eigenvalue weighted by molar-refractivity contribution is 0.0899. The van der Waals surface area contributed by atoms with Crippen LogP contribution in [0, 0.1) is 11.7 Å². The van der Waals surface area contributed by atoms with Crippen molar-refractivity contribution >= 4 is 16.9 Å². The van der Waals surface area contributed by atoms with Gasteiger partial charge in [-0.2, -0.15) is 0 Å². The maximum absolute atomic E-state index is 13.1. The second-order valence-electron chi connectivity index (χ2n) is 5.90. The molecule has 118 valence electrons. The van der Waals surface area contributed by atoms with Crippen molar-refractivity contribution in [3.63, 3.8) is 0 Å². The Morgan fingerprint density at radius 2 is 1.78 bits per heavy atom. The van der Waals surface area contributed by atoms with E-state index < -0.39 is 0 Å². The van der Waals surface area contributed by atoms with Crippen molar-refractivity contribution in [3.05, 3.63) is 71.7 Å². The molecule has 0 saturated carbocycles. The molecule has 0 aliphatic heterocycles. The van der Waals surface area contributed by atoms with Gasteiger partial charge in [-0.1, -0.05) is 44.2 Å². The molecule has 3 aromatic rings. The Morgan fingerprint density at radius 1 is 1.09 bits per heavy atom. The molecule has 0 radical (unpaired) electrons. The average Bonchev–Trinajstić information content (AvgIpc) is 2.97. The normalized spacial score (nSPS) is 12.5. The predicted molar refractivity (Wildman–Crippen MR) is 87.7 cm³/mol. The van der Waals surface area contributed by atoms with Crippen LogP contribution in [0.3, 0.4) is 0 Å². The Bertz CT molecular complexity index is 788. The van der Waals surface area contributed by atoms with Crippen LogP contribution in [0.1, 0.15) is 36.0 Å². The molecule has 0 saturated heterocycles. The Morgan fingerprint density at radius 3 is 2.43 bits per heavy atom. The minimum Gasteiger partial charge on any atom is -0.451 e. The third-order valence-electron chi connectivity index (χ3n) is 3.83. The van der Waals surface area contributed by atoms with Crippen LogP contribution in [0.5, 0.6) is 0 Å².